The number of nitrogens with zero attached hydrogens (tertiary/aromatic N) is 1. The van der Waals surface area contributed by atoms with Crippen molar-refractivity contribution in [3.05, 3.63) is 77.2 Å². The molecule has 1 unspecified atom stereocenters. The fourth-order valence-corrected chi connectivity index (χ4v) is 3.16. The highest BCUT2D eigenvalue weighted by Crippen LogP contribution is 2.33. The Bertz CT molecular complexity index is 1150. The van der Waals surface area contributed by atoms with Crippen molar-refractivity contribution in [3.63, 3.8) is 0 Å². The number of nitrogens with one attached hydrogen (secondary N) is 2. The number of carboxylic acid groups (broad SMARTS) is 1. The molecular formula is C21H17F3N3O6+. The monoisotopic (exact) mass is 464 g/mol. The quantitative estimate of drug-likeness (QED) is 0.476. The number of halogens is 3. The molecule has 2 aromatic rings. The van der Waals surface area contributed by atoms with Crippen LogP contribution in [0.2, 0.25) is 0 Å². The Kier molecular flexibility index (Phi) is 6.49. The minimum atomic E-state index is -4.76. The van der Waals surface area contributed by atoms with E-state index in [1.165, 1.54) is 0 Å². The number of imide groups is 1. The highest BCUT2D eigenvalue weighted by Gasteiger charge is 2.48. The van der Waals surface area contributed by atoms with E-state index >= 15 is 0 Å². The summed E-state index contributed by atoms with van der Waals surface area (Å²) in [7, 11) is 0. The van der Waals surface area contributed by atoms with Gasteiger partial charge in [0, 0.05) is 5.56 Å². The number of alkyl halides is 3. The number of carboxylic acids is 1. The molecule has 0 saturated carbocycles. The van der Waals surface area contributed by atoms with E-state index in [-0.39, 0.29) is 6.54 Å². The highest BCUT2D eigenvalue weighted by atomic mass is 19.4. The molecule has 4 N–H and O–H groups in total. The van der Waals surface area contributed by atoms with E-state index in [1.54, 1.807) is 30.3 Å². The zero-order valence-corrected chi connectivity index (χ0v) is 16.7. The molecule has 1 heterocycles. The number of urea groups is 1. The van der Waals surface area contributed by atoms with Crippen LogP contribution in [0.5, 0.6) is 0 Å². The number of rotatable bonds is 6. The van der Waals surface area contributed by atoms with Gasteiger partial charge in [-0.1, -0.05) is 36.4 Å². The molecule has 0 saturated heterocycles. The average Bonchev–Trinajstić information content (AvgIpc) is 2.75. The van der Waals surface area contributed by atoms with Crippen molar-refractivity contribution in [1.82, 2.24) is 5.32 Å². The molecule has 0 spiro atoms. The largest absolute Gasteiger partial charge is 0.493 e. The van der Waals surface area contributed by atoms with Crippen LogP contribution in [0.4, 0.5) is 23.7 Å². The maximum atomic E-state index is 13.2. The van der Waals surface area contributed by atoms with E-state index in [4.69, 9.17) is 5.11 Å². The Balaban J connectivity index is 2.11. The first kappa shape index (κ1) is 23.5. The second-order valence-electron chi connectivity index (χ2n) is 6.93. The summed E-state index contributed by atoms with van der Waals surface area (Å²) in [4.78, 5) is 49.3. The van der Waals surface area contributed by atoms with Crippen LogP contribution in [0.1, 0.15) is 11.1 Å². The predicted molar refractivity (Wildman–Crippen MR) is 106 cm³/mol. The molecule has 3 rings (SSSR count). The lowest BCUT2D eigenvalue weighted by Gasteiger charge is -2.30. The van der Waals surface area contributed by atoms with Crippen molar-refractivity contribution in [1.29, 1.82) is 0 Å². The van der Waals surface area contributed by atoms with Gasteiger partial charge >= 0.3 is 24.1 Å². The number of aliphatic hydroxyl groups excluding tert-OH is 1. The first-order valence-corrected chi connectivity index (χ1v) is 9.40. The molecule has 1 aliphatic heterocycles. The van der Waals surface area contributed by atoms with Gasteiger partial charge in [-0.05, 0) is 18.2 Å². The highest BCUT2D eigenvalue weighted by molar-refractivity contribution is 6.21. The van der Waals surface area contributed by atoms with Crippen molar-refractivity contribution in [2.75, 3.05) is 11.4 Å². The molecule has 0 bridgehead atoms. The molecule has 4 amide bonds. The van der Waals surface area contributed by atoms with Crippen LogP contribution in [-0.2, 0) is 27.1 Å². The van der Waals surface area contributed by atoms with Crippen LogP contribution < -0.4 is 15.1 Å². The Hall–Kier alpha value is -4.19. The van der Waals surface area contributed by atoms with Crippen LogP contribution in [0.25, 0.3) is 0 Å². The number of hydrogen-bond donors (Lipinski definition) is 4. The lowest BCUT2D eigenvalue weighted by atomic mass is 10.1. The summed E-state index contributed by atoms with van der Waals surface area (Å²) in [6.45, 7) is -1.18. The minimum Gasteiger partial charge on any atom is -0.493 e. The number of amides is 4. The second-order valence-corrected chi connectivity index (χ2v) is 6.93. The normalized spacial score (nSPS) is 16.7. The number of hydrogen-bond acceptors (Lipinski definition) is 5. The Morgan fingerprint density at radius 1 is 1.03 bits per heavy atom. The molecule has 0 aromatic heterocycles. The van der Waals surface area contributed by atoms with Gasteiger partial charge in [-0.3, -0.25) is 9.59 Å². The number of carbonyl (C=O) groups excluding carboxylic acids is 3. The number of quaternary nitrogens is 1. The van der Waals surface area contributed by atoms with Crippen LogP contribution in [-0.4, -0.2) is 40.6 Å². The molecule has 0 radical (unpaired) electrons. The number of carbonyl (C=O) groups is 4. The van der Waals surface area contributed by atoms with Crippen molar-refractivity contribution < 1.29 is 47.5 Å². The van der Waals surface area contributed by atoms with E-state index in [0.717, 1.165) is 18.2 Å². The third kappa shape index (κ3) is 5.01. The van der Waals surface area contributed by atoms with E-state index in [0.29, 0.717) is 16.5 Å². The second kappa shape index (κ2) is 9.12. The SMILES string of the molecule is O=C(O)CNC(=O)C1=C(O)N(c2cccc(C(F)(F)F)c2)C(=O)[NH+](Cc2ccccc2)C1=O. The van der Waals surface area contributed by atoms with Crippen molar-refractivity contribution in [2.45, 2.75) is 12.7 Å². The molecule has 1 atom stereocenters. The fraction of sp³-hybridized carbons (Fsp3) is 0.143. The van der Waals surface area contributed by atoms with Gasteiger partial charge < -0.3 is 15.5 Å². The van der Waals surface area contributed by atoms with Gasteiger partial charge in [-0.25, -0.2) is 9.59 Å². The molecule has 1 aliphatic rings. The molecular weight excluding hydrogens is 447 g/mol. The topological polar surface area (TPSA) is 128 Å². The predicted octanol–water partition coefficient (Wildman–Crippen LogP) is 1.23. The molecule has 0 fully saturated rings. The smallest absolute Gasteiger partial charge is 0.437 e. The van der Waals surface area contributed by atoms with E-state index in [9.17, 15) is 37.5 Å². The summed E-state index contributed by atoms with van der Waals surface area (Å²) < 4.78 is 39.5. The fourth-order valence-electron chi connectivity index (χ4n) is 3.16. The lowest BCUT2D eigenvalue weighted by molar-refractivity contribution is -0.744. The van der Waals surface area contributed by atoms with Gasteiger partial charge in [-0.15, -0.1) is 0 Å². The minimum absolute atomic E-state index is 0.281. The summed E-state index contributed by atoms with van der Waals surface area (Å²) >= 11 is 0. The van der Waals surface area contributed by atoms with Gasteiger partial charge in [0.05, 0.1) is 11.3 Å². The van der Waals surface area contributed by atoms with Crippen molar-refractivity contribution in [2.24, 2.45) is 0 Å². The number of aliphatic carboxylic acids is 1. The zero-order valence-electron chi connectivity index (χ0n) is 16.7. The maximum Gasteiger partial charge on any atom is 0.437 e. The average molecular weight is 464 g/mol. The number of benzene rings is 2. The van der Waals surface area contributed by atoms with Crippen molar-refractivity contribution >= 4 is 29.5 Å². The molecule has 12 heteroatoms. The maximum absolute atomic E-state index is 13.2. The first-order valence-electron chi connectivity index (χ1n) is 9.40. The Labute approximate surface area is 184 Å². The first-order chi connectivity index (χ1) is 15.5. The molecule has 9 nitrogen and oxygen atoms in total. The van der Waals surface area contributed by atoms with Crippen molar-refractivity contribution in [3.8, 4) is 0 Å². The molecule has 172 valence electrons. The number of aliphatic hydroxyl groups is 1. The molecule has 2 aromatic carbocycles. The Morgan fingerprint density at radius 3 is 2.30 bits per heavy atom. The standard InChI is InChI=1S/C21H16F3N3O6/c22-21(23,24)13-7-4-8-14(9-13)27-19(32)16(17(30)25-10-15(28)29)18(31)26(20(27)33)11-12-5-2-1-3-6-12/h1-9,32H,10-11H2,(H,25,30)(H,28,29)/p+1. The number of anilines is 1. The molecule has 0 aliphatic carbocycles. The van der Waals surface area contributed by atoms with E-state index in [2.05, 4.69) is 0 Å². The van der Waals surface area contributed by atoms with Gasteiger partial charge in [0.2, 0.25) is 11.5 Å². The van der Waals surface area contributed by atoms with Gasteiger partial charge in [-0.2, -0.15) is 23.0 Å². The van der Waals surface area contributed by atoms with E-state index in [1.807, 2.05) is 5.32 Å². The summed E-state index contributed by atoms with van der Waals surface area (Å²) in [5, 5.41) is 21.3. The molecule has 33 heavy (non-hydrogen) atoms. The van der Waals surface area contributed by atoms with Gasteiger partial charge in [0.1, 0.15) is 13.1 Å². The van der Waals surface area contributed by atoms with Gasteiger partial charge in [0.25, 0.3) is 5.91 Å². The van der Waals surface area contributed by atoms with Crippen LogP contribution in [0.3, 0.4) is 0 Å². The Morgan fingerprint density at radius 2 is 1.70 bits per heavy atom. The summed E-state index contributed by atoms with van der Waals surface area (Å²) in [6, 6.07) is 10.4. The van der Waals surface area contributed by atoms with Crippen LogP contribution in [0, 0.1) is 0 Å². The third-order valence-corrected chi connectivity index (χ3v) is 4.68. The zero-order chi connectivity index (χ0) is 24.3. The summed E-state index contributed by atoms with van der Waals surface area (Å²) in [5.74, 6) is -5.10. The van der Waals surface area contributed by atoms with Crippen LogP contribution in [0.15, 0.2) is 66.1 Å². The van der Waals surface area contributed by atoms with Crippen LogP contribution >= 0.6 is 0 Å². The summed E-state index contributed by atoms with van der Waals surface area (Å²) in [5.41, 5.74) is -2.03. The lowest BCUT2D eigenvalue weighted by Crippen LogP contribution is -3.18. The third-order valence-electron chi connectivity index (χ3n) is 4.68. The summed E-state index contributed by atoms with van der Waals surface area (Å²) in [6.07, 6.45) is -4.76. The van der Waals surface area contributed by atoms with Gasteiger partial charge in [0.15, 0.2) is 0 Å². The van der Waals surface area contributed by atoms with E-state index < -0.39 is 64.1 Å².